The van der Waals surface area contributed by atoms with Gasteiger partial charge in [-0.1, -0.05) is 49.1 Å². The number of amides is 1. The minimum absolute atomic E-state index is 0.245. The van der Waals surface area contributed by atoms with Gasteiger partial charge in [0.2, 0.25) is 5.91 Å². The van der Waals surface area contributed by atoms with Crippen LogP contribution in [0, 0.1) is 11.7 Å². The topological polar surface area (TPSA) is 72.5 Å². The van der Waals surface area contributed by atoms with Gasteiger partial charge in [0.15, 0.2) is 0 Å². The average molecular weight is 321 g/mol. The highest BCUT2D eigenvalue weighted by molar-refractivity contribution is 7.75. The molecule has 0 heterocycles. The summed E-state index contributed by atoms with van der Waals surface area (Å²) in [5.41, 5.74) is 5.74. The summed E-state index contributed by atoms with van der Waals surface area (Å²) in [7, 11) is -1.90. The molecule has 0 aromatic heterocycles. The largest absolute Gasteiger partial charge is 0.440 e. The highest BCUT2D eigenvalue weighted by atomic mass is 32.2. The van der Waals surface area contributed by atoms with Crippen molar-refractivity contribution in [3.05, 3.63) is 42.2 Å². The van der Waals surface area contributed by atoms with Crippen molar-refractivity contribution in [3.63, 3.8) is 0 Å². The van der Waals surface area contributed by atoms with Crippen LogP contribution in [-0.2, 0) is 19.6 Å². The lowest BCUT2D eigenvalue weighted by molar-refractivity contribution is -0.119. The molecule has 0 bridgehead atoms. The zero-order chi connectivity index (χ0) is 16.3. The predicted octanol–water partition coefficient (Wildman–Crippen LogP) is 3.39. The van der Waals surface area contributed by atoms with Gasteiger partial charge in [0.25, 0.3) is 0 Å². The Morgan fingerprint density at radius 2 is 1.86 bits per heavy atom. The first-order chi connectivity index (χ1) is 10.4. The Labute approximate surface area is 130 Å². The van der Waals surface area contributed by atoms with E-state index in [4.69, 9.17) is 5.73 Å². The molecule has 0 aliphatic heterocycles. The van der Waals surface area contributed by atoms with Gasteiger partial charge in [-0.2, -0.15) is 10.6 Å². The van der Waals surface area contributed by atoms with Gasteiger partial charge < -0.3 is 14.3 Å². The molecule has 2 N–H and O–H groups in total. The van der Waals surface area contributed by atoms with Gasteiger partial charge in [0.05, 0.1) is 6.04 Å². The Morgan fingerprint density at radius 3 is 2.50 bits per heavy atom. The molecule has 118 valence electrons. The van der Waals surface area contributed by atoms with E-state index in [-0.39, 0.29) is 5.92 Å². The van der Waals surface area contributed by atoms with E-state index >= 15 is 0 Å². The third kappa shape index (κ3) is 3.69. The quantitative estimate of drug-likeness (QED) is 0.877. The summed E-state index contributed by atoms with van der Waals surface area (Å²) in [4.78, 5) is 12.2. The Bertz CT molecular complexity index is 783. The fourth-order valence-corrected chi connectivity index (χ4v) is 3.14. The van der Waals surface area contributed by atoms with E-state index in [0.29, 0.717) is 22.1 Å². The summed E-state index contributed by atoms with van der Waals surface area (Å²) in [5.74, 6) is -0.756. The first-order valence-electron chi connectivity index (χ1n) is 7.00. The van der Waals surface area contributed by atoms with Gasteiger partial charge >= 0.3 is 0 Å². The van der Waals surface area contributed by atoms with E-state index in [2.05, 4.69) is 4.36 Å². The van der Waals surface area contributed by atoms with Crippen LogP contribution in [0.25, 0.3) is 10.8 Å². The minimum Gasteiger partial charge on any atom is -0.440 e. The van der Waals surface area contributed by atoms with Crippen LogP contribution in [0.15, 0.2) is 45.7 Å². The number of fused-ring (bicyclic) bond motifs is 1. The Balaban J connectivity index is 2.40. The first kappa shape index (κ1) is 16.6. The molecule has 0 aliphatic rings. The molecular weight excluding hydrogens is 303 g/mol. The summed E-state index contributed by atoms with van der Waals surface area (Å²) in [6.07, 6.45) is 0.476. The smallest absolute Gasteiger partial charge is 0.239 e. The van der Waals surface area contributed by atoms with Gasteiger partial charge in [-0.3, -0.25) is 4.79 Å². The number of benzene rings is 2. The standard InChI is InChI=1S/C16H18FN2O2S/c1-10(2)9-14(18)16(20)19-22(21)15-8-7-13(17)11-5-3-4-6-12(11)15/h3-8,10,14H,9,18H2,1-2H3/q-1/t14-/m0/s1. The minimum atomic E-state index is -1.90. The lowest BCUT2D eigenvalue weighted by atomic mass is 10.0. The number of halogens is 1. The van der Waals surface area contributed by atoms with Crippen LogP contribution in [0.1, 0.15) is 20.3 Å². The third-order valence-electron chi connectivity index (χ3n) is 3.23. The lowest BCUT2D eigenvalue weighted by Gasteiger charge is -2.14. The monoisotopic (exact) mass is 321 g/mol. The molecule has 0 aliphatic carbocycles. The molecular formula is C16H18FN2O2S-. The third-order valence-corrected chi connectivity index (χ3v) is 4.31. The zero-order valence-electron chi connectivity index (χ0n) is 12.5. The summed E-state index contributed by atoms with van der Waals surface area (Å²) in [5, 5.41) is 0.831. The molecule has 0 unspecified atom stereocenters. The summed E-state index contributed by atoms with van der Waals surface area (Å²) in [6.45, 7) is 3.88. The van der Waals surface area contributed by atoms with Crippen molar-refractivity contribution < 1.29 is 13.4 Å². The van der Waals surface area contributed by atoms with E-state index in [1.807, 2.05) is 13.8 Å². The summed E-state index contributed by atoms with van der Waals surface area (Å²) < 4.78 is 29.7. The zero-order valence-corrected chi connectivity index (χ0v) is 13.3. The number of nitrogens with zero attached hydrogens (tertiary/aromatic N) is 1. The number of carbonyl (C=O) groups excluding carboxylic acids is 1. The SMILES string of the molecule is CC(C)C[C@H](N)C(=O)N=[S-](=O)c1ccc(F)c2ccccc12. The predicted molar refractivity (Wildman–Crippen MR) is 85.1 cm³/mol. The van der Waals surface area contributed by atoms with Crippen LogP contribution in [-0.4, -0.2) is 11.9 Å². The molecule has 0 spiro atoms. The highest BCUT2D eigenvalue weighted by Crippen LogP contribution is 2.23. The molecule has 1 amide bonds. The fraction of sp³-hybridized carbons (Fsp3) is 0.312. The summed E-state index contributed by atoms with van der Waals surface area (Å²) >= 11 is 0. The van der Waals surface area contributed by atoms with Crippen LogP contribution >= 0.6 is 0 Å². The Hall–Kier alpha value is -1.79. The normalized spacial score (nSPS) is 14.4. The van der Waals surface area contributed by atoms with E-state index < -0.39 is 28.4 Å². The van der Waals surface area contributed by atoms with Crippen LogP contribution in [0.3, 0.4) is 0 Å². The highest BCUT2D eigenvalue weighted by Gasteiger charge is 2.12. The molecule has 4 nitrogen and oxygen atoms in total. The molecule has 1 atom stereocenters. The van der Waals surface area contributed by atoms with E-state index in [0.717, 1.165) is 0 Å². The van der Waals surface area contributed by atoms with Crippen LogP contribution in [0.2, 0.25) is 0 Å². The van der Waals surface area contributed by atoms with E-state index in [9.17, 15) is 13.4 Å². The maximum absolute atomic E-state index is 13.7. The second-order valence-electron chi connectivity index (χ2n) is 5.51. The molecule has 0 saturated carbocycles. The van der Waals surface area contributed by atoms with Gasteiger partial charge in [0, 0.05) is 5.39 Å². The Kier molecular flexibility index (Phi) is 5.26. The fourth-order valence-electron chi connectivity index (χ4n) is 2.19. The number of rotatable bonds is 4. The maximum atomic E-state index is 13.7. The van der Waals surface area contributed by atoms with Crippen molar-refractivity contribution in [3.8, 4) is 0 Å². The van der Waals surface area contributed by atoms with Crippen molar-refractivity contribution in [2.75, 3.05) is 0 Å². The van der Waals surface area contributed by atoms with E-state index in [1.54, 1.807) is 24.3 Å². The van der Waals surface area contributed by atoms with Gasteiger partial charge in [-0.15, -0.1) is 0 Å². The van der Waals surface area contributed by atoms with Crippen molar-refractivity contribution in [1.82, 2.24) is 0 Å². The molecule has 0 saturated heterocycles. The van der Waals surface area contributed by atoms with Gasteiger partial charge in [-0.05, 0) is 23.8 Å². The van der Waals surface area contributed by atoms with E-state index in [1.165, 1.54) is 12.1 Å². The second-order valence-corrected chi connectivity index (χ2v) is 6.63. The van der Waals surface area contributed by atoms with Crippen molar-refractivity contribution in [2.45, 2.75) is 31.2 Å². The molecule has 6 heteroatoms. The number of carbonyl (C=O) groups is 1. The molecule has 0 radical (unpaired) electrons. The van der Waals surface area contributed by atoms with Crippen molar-refractivity contribution in [1.29, 1.82) is 0 Å². The van der Waals surface area contributed by atoms with Crippen molar-refractivity contribution >= 4 is 27.3 Å². The number of nitrogens with two attached hydrogens (primary N) is 1. The van der Waals surface area contributed by atoms with Gasteiger partial charge in [0.1, 0.15) is 5.82 Å². The van der Waals surface area contributed by atoms with Crippen LogP contribution in [0.5, 0.6) is 0 Å². The first-order valence-corrected chi connectivity index (χ1v) is 8.11. The lowest BCUT2D eigenvalue weighted by Crippen LogP contribution is -2.30. The van der Waals surface area contributed by atoms with Crippen LogP contribution in [0.4, 0.5) is 4.39 Å². The number of hydrogen-bond acceptors (Lipinski definition) is 4. The molecule has 2 rings (SSSR count). The summed E-state index contributed by atoms with van der Waals surface area (Å²) in [6, 6.07) is 8.50. The maximum Gasteiger partial charge on any atom is 0.239 e. The Morgan fingerprint density at radius 1 is 1.23 bits per heavy atom. The molecule has 2 aromatic carbocycles. The molecule has 2 aromatic rings. The molecule has 0 fully saturated rings. The van der Waals surface area contributed by atoms with Gasteiger partial charge in [-0.25, -0.2) is 4.39 Å². The van der Waals surface area contributed by atoms with Crippen LogP contribution < -0.4 is 5.73 Å². The molecule has 22 heavy (non-hydrogen) atoms. The number of hydrogen-bond donors (Lipinski definition) is 1. The van der Waals surface area contributed by atoms with Crippen molar-refractivity contribution in [2.24, 2.45) is 16.0 Å². The average Bonchev–Trinajstić information content (AvgIpc) is 2.47. The second kappa shape index (κ2) is 6.98.